The van der Waals surface area contributed by atoms with Crippen LogP contribution in [-0.2, 0) is 9.53 Å². The molecule has 3 saturated carbocycles. The van der Waals surface area contributed by atoms with Crippen LogP contribution < -0.4 is 5.32 Å². The summed E-state index contributed by atoms with van der Waals surface area (Å²) in [6.07, 6.45) is 9.82. The Morgan fingerprint density at radius 1 is 1.04 bits per heavy atom. The molecule has 3 heteroatoms. The third-order valence-electron chi connectivity index (χ3n) is 8.85. The highest BCUT2D eigenvalue weighted by Crippen LogP contribution is 2.66. The molecule has 7 atom stereocenters. The van der Waals surface area contributed by atoms with Gasteiger partial charge in [0.1, 0.15) is 6.10 Å². The number of hydrogen-bond donors (Lipinski definition) is 1. The van der Waals surface area contributed by atoms with Gasteiger partial charge in [0.15, 0.2) is 0 Å². The van der Waals surface area contributed by atoms with E-state index in [-0.39, 0.29) is 16.9 Å². The molecule has 0 radical (unpaired) electrons. The number of amides is 1. The molecule has 0 spiro atoms. The Morgan fingerprint density at radius 2 is 1.74 bits per heavy atom. The minimum absolute atomic E-state index is 0.143. The molecule has 4 unspecified atom stereocenters. The maximum absolute atomic E-state index is 13.1. The first kappa shape index (κ1) is 19.3. The molecule has 3 nitrogen and oxygen atoms in total. The predicted molar refractivity (Wildman–Crippen MR) is 109 cm³/mol. The van der Waals surface area contributed by atoms with Crippen molar-refractivity contribution in [1.29, 1.82) is 0 Å². The van der Waals surface area contributed by atoms with E-state index in [2.05, 4.69) is 46.5 Å². The van der Waals surface area contributed by atoms with Crippen molar-refractivity contribution < 1.29 is 9.53 Å². The van der Waals surface area contributed by atoms with E-state index in [0.29, 0.717) is 23.3 Å². The van der Waals surface area contributed by atoms with Gasteiger partial charge in [-0.3, -0.25) is 4.79 Å². The maximum Gasteiger partial charge on any atom is 0.224 e. The zero-order valence-electron chi connectivity index (χ0n) is 18.1. The number of fused-ring (bicyclic) bond motifs is 5. The molecular formula is C24H39NO2. The van der Waals surface area contributed by atoms with Gasteiger partial charge in [0.05, 0.1) is 5.76 Å². The molecule has 4 aliphatic rings. The van der Waals surface area contributed by atoms with Crippen molar-refractivity contribution in [2.24, 2.45) is 34.5 Å². The van der Waals surface area contributed by atoms with Crippen LogP contribution in [0, 0.1) is 34.5 Å². The van der Waals surface area contributed by atoms with Crippen LogP contribution in [-0.4, -0.2) is 17.6 Å². The molecule has 0 bridgehead atoms. The fraction of sp³-hybridized carbons (Fsp3) is 0.875. The quantitative estimate of drug-likeness (QED) is 0.663. The van der Waals surface area contributed by atoms with Crippen LogP contribution in [0.25, 0.3) is 0 Å². The Morgan fingerprint density at radius 3 is 2.44 bits per heavy atom. The van der Waals surface area contributed by atoms with Gasteiger partial charge in [-0.2, -0.15) is 0 Å². The van der Waals surface area contributed by atoms with Crippen LogP contribution >= 0.6 is 0 Å². The summed E-state index contributed by atoms with van der Waals surface area (Å²) in [6.45, 7) is 15.3. The molecule has 1 amide bonds. The molecule has 27 heavy (non-hydrogen) atoms. The molecule has 4 rings (SSSR count). The van der Waals surface area contributed by atoms with Crippen LogP contribution in [0.15, 0.2) is 12.3 Å². The summed E-state index contributed by atoms with van der Waals surface area (Å²) in [5.41, 5.74) is 0.339. The van der Waals surface area contributed by atoms with Crippen molar-refractivity contribution in [2.75, 3.05) is 0 Å². The van der Waals surface area contributed by atoms with Gasteiger partial charge in [-0.05, 0) is 88.9 Å². The van der Waals surface area contributed by atoms with Crippen LogP contribution in [0.5, 0.6) is 0 Å². The average molecular weight is 374 g/mol. The molecule has 1 saturated heterocycles. The first-order chi connectivity index (χ1) is 12.5. The van der Waals surface area contributed by atoms with Crippen molar-refractivity contribution in [1.82, 2.24) is 5.32 Å². The molecule has 1 heterocycles. The highest BCUT2D eigenvalue weighted by atomic mass is 16.5. The summed E-state index contributed by atoms with van der Waals surface area (Å²) >= 11 is 0. The SMILES string of the molecule is C=C1CC[C@]2(C)C3CC[C@]4(C)C(C(=O)NC(C)(C)C)CCC4C3CC[C@H]2O1. The van der Waals surface area contributed by atoms with Gasteiger partial charge in [0.2, 0.25) is 5.91 Å². The van der Waals surface area contributed by atoms with E-state index in [1.54, 1.807) is 0 Å². The normalized spacial score (nSPS) is 46.7. The summed E-state index contributed by atoms with van der Waals surface area (Å²) in [4.78, 5) is 13.1. The lowest BCUT2D eigenvalue weighted by Gasteiger charge is -2.60. The standard InChI is InChI=1S/C24H39NO2/c1-15-11-13-24(6)18-12-14-23(5)17(16(18)7-10-20(24)27-15)8-9-19(23)21(26)25-22(2,3)4/h16-20H,1,7-14H2,2-6H3,(H,25,26)/t16?,17?,18?,19?,20-,23+,24-/m1/s1. The molecular weight excluding hydrogens is 334 g/mol. The highest BCUT2D eigenvalue weighted by molar-refractivity contribution is 5.80. The second-order valence-electron chi connectivity index (χ2n) is 11.5. The van der Waals surface area contributed by atoms with Gasteiger partial charge in [-0.1, -0.05) is 20.4 Å². The first-order valence-electron chi connectivity index (χ1n) is 11.2. The lowest BCUT2D eigenvalue weighted by atomic mass is 9.47. The Hall–Kier alpha value is -0.990. The Bertz CT molecular complexity index is 635. The van der Waals surface area contributed by atoms with Crippen LogP contribution in [0.1, 0.15) is 86.0 Å². The van der Waals surface area contributed by atoms with Crippen molar-refractivity contribution in [3.63, 3.8) is 0 Å². The molecule has 1 N–H and O–H groups in total. The number of hydrogen-bond acceptors (Lipinski definition) is 2. The van der Waals surface area contributed by atoms with Gasteiger partial charge < -0.3 is 10.1 Å². The van der Waals surface area contributed by atoms with Gasteiger partial charge >= 0.3 is 0 Å². The van der Waals surface area contributed by atoms with E-state index in [1.165, 1.54) is 38.5 Å². The number of allylic oxidation sites excluding steroid dienone is 1. The molecule has 0 aromatic heterocycles. The average Bonchev–Trinajstić information content (AvgIpc) is 2.91. The number of nitrogens with one attached hydrogen (secondary N) is 1. The zero-order chi connectivity index (χ0) is 19.6. The second kappa shape index (κ2) is 6.26. The number of ether oxygens (including phenoxy) is 1. The van der Waals surface area contributed by atoms with E-state index in [0.717, 1.165) is 30.4 Å². The maximum atomic E-state index is 13.1. The monoisotopic (exact) mass is 373 g/mol. The highest BCUT2D eigenvalue weighted by Gasteiger charge is 2.61. The minimum atomic E-state index is -0.143. The smallest absolute Gasteiger partial charge is 0.224 e. The molecule has 0 aromatic rings. The molecule has 3 aliphatic carbocycles. The number of carbonyl (C=O) groups excluding carboxylic acids is 1. The van der Waals surface area contributed by atoms with Crippen molar-refractivity contribution in [2.45, 2.75) is 97.6 Å². The lowest BCUT2D eigenvalue weighted by Crippen LogP contribution is -2.56. The summed E-state index contributed by atoms with van der Waals surface area (Å²) in [5.74, 6) is 3.71. The summed E-state index contributed by atoms with van der Waals surface area (Å²) < 4.78 is 6.23. The molecule has 1 aliphatic heterocycles. The Balaban J connectivity index is 1.55. The summed E-state index contributed by atoms with van der Waals surface area (Å²) in [7, 11) is 0. The van der Waals surface area contributed by atoms with Gasteiger partial charge in [-0.25, -0.2) is 0 Å². The van der Waals surface area contributed by atoms with E-state index in [4.69, 9.17) is 4.74 Å². The van der Waals surface area contributed by atoms with Gasteiger partial charge in [0, 0.05) is 23.3 Å². The predicted octanol–water partition coefficient (Wildman–Crippen LogP) is 5.45. The van der Waals surface area contributed by atoms with E-state index < -0.39 is 0 Å². The fourth-order valence-electron chi connectivity index (χ4n) is 7.52. The molecule has 152 valence electrons. The van der Waals surface area contributed by atoms with Crippen molar-refractivity contribution in [3.05, 3.63) is 12.3 Å². The van der Waals surface area contributed by atoms with Crippen LogP contribution in [0.3, 0.4) is 0 Å². The third-order valence-corrected chi connectivity index (χ3v) is 8.85. The Kier molecular flexibility index (Phi) is 4.48. The second-order valence-corrected chi connectivity index (χ2v) is 11.5. The van der Waals surface area contributed by atoms with Gasteiger partial charge in [0.25, 0.3) is 0 Å². The largest absolute Gasteiger partial charge is 0.495 e. The lowest BCUT2D eigenvalue weighted by molar-refractivity contribution is -0.158. The number of carbonyl (C=O) groups is 1. The fourth-order valence-corrected chi connectivity index (χ4v) is 7.52. The number of rotatable bonds is 1. The third kappa shape index (κ3) is 3.04. The topological polar surface area (TPSA) is 38.3 Å². The molecule has 4 fully saturated rings. The van der Waals surface area contributed by atoms with Crippen molar-refractivity contribution >= 4 is 5.91 Å². The Labute approximate surface area is 165 Å². The van der Waals surface area contributed by atoms with Crippen LogP contribution in [0.2, 0.25) is 0 Å². The van der Waals surface area contributed by atoms with Gasteiger partial charge in [-0.15, -0.1) is 0 Å². The summed E-state index contributed by atoms with van der Waals surface area (Å²) in [6, 6.07) is 0. The minimum Gasteiger partial charge on any atom is -0.495 e. The first-order valence-corrected chi connectivity index (χ1v) is 11.2. The van der Waals surface area contributed by atoms with Crippen molar-refractivity contribution in [3.8, 4) is 0 Å². The van der Waals surface area contributed by atoms with E-state index in [1.807, 2.05) is 0 Å². The van der Waals surface area contributed by atoms with E-state index in [9.17, 15) is 4.79 Å². The van der Waals surface area contributed by atoms with E-state index >= 15 is 0 Å². The molecule has 0 aromatic carbocycles. The summed E-state index contributed by atoms with van der Waals surface area (Å²) in [5, 5.41) is 3.28. The zero-order valence-corrected chi connectivity index (χ0v) is 18.1. The van der Waals surface area contributed by atoms with Crippen LogP contribution in [0.4, 0.5) is 0 Å².